The minimum atomic E-state index is 0.682. The third kappa shape index (κ3) is 3.86. The lowest BCUT2D eigenvalue weighted by atomic mass is 9.97. The molecule has 2 rings (SSSR count). The van der Waals surface area contributed by atoms with Gasteiger partial charge in [0, 0.05) is 18.8 Å². The highest BCUT2D eigenvalue weighted by atomic mass is 16.5. The summed E-state index contributed by atoms with van der Waals surface area (Å²) in [5.41, 5.74) is 0.682. The zero-order chi connectivity index (χ0) is 11.9. The maximum absolute atomic E-state index is 10.5. The van der Waals surface area contributed by atoms with Gasteiger partial charge in [-0.25, -0.2) is 0 Å². The summed E-state index contributed by atoms with van der Waals surface area (Å²) in [4.78, 5) is 10.5. The highest BCUT2D eigenvalue weighted by Gasteiger charge is 2.13. The number of hydrogen-bond acceptors (Lipinski definition) is 3. The first-order chi connectivity index (χ1) is 8.38. The molecule has 0 atom stereocenters. The lowest BCUT2D eigenvalue weighted by Gasteiger charge is -2.21. The normalized spacial score (nSPS) is 16.7. The van der Waals surface area contributed by atoms with E-state index < -0.39 is 0 Å². The fourth-order valence-electron chi connectivity index (χ4n) is 2.02. The maximum atomic E-state index is 10.5. The van der Waals surface area contributed by atoms with E-state index in [4.69, 9.17) is 9.47 Å². The minimum Gasteiger partial charge on any atom is -0.494 e. The monoisotopic (exact) mass is 234 g/mol. The number of carbonyl (C=O) groups is 1. The summed E-state index contributed by atoms with van der Waals surface area (Å²) in [6, 6.07) is 7.23. The molecule has 0 saturated carbocycles. The third-order valence-corrected chi connectivity index (χ3v) is 3.15. The second kappa shape index (κ2) is 6.40. The van der Waals surface area contributed by atoms with Gasteiger partial charge in [-0.15, -0.1) is 0 Å². The second-order valence-corrected chi connectivity index (χ2v) is 4.38. The molecule has 0 aromatic heterocycles. The molecule has 1 saturated heterocycles. The van der Waals surface area contributed by atoms with Crippen LogP contribution in [0.3, 0.4) is 0 Å². The summed E-state index contributed by atoms with van der Waals surface area (Å²) in [7, 11) is 0. The van der Waals surface area contributed by atoms with Crippen molar-refractivity contribution in [3.8, 4) is 5.75 Å². The molecule has 0 bridgehead atoms. The van der Waals surface area contributed by atoms with Crippen LogP contribution >= 0.6 is 0 Å². The second-order valence-electron chi connectivity index (χ2n) is 4.38. The first kappa shape index (κ1) is 12.1. The molecule has 1 heterocycles. The summed E-state index contributed by atoms with van der Waals surface area (Å²) in [5.74, 6) is 1.57. The van der Waals surface area contributed by atoms with Crippen LogP contribution in [-0.4, -0.2) is 26.1 Å². The molecule has 3 nitrogen and oxygen atoms in total. The quantitative estimate of drug-likeness (QED) is 0.735. The van der Waals surface area contributed by atoms with Gasteiger partial charge in [-0.2, -0.15) is 0 Å². The number of carbonyl (C=O) groups excluding carboxylic acids is 1. The summed E-state index contributed by atoms with van der Waals surface area (Å²) >= 11 is 0. The number of benzene rings is 1. The third-order valence-electron chi connectivity index (χ3n) is 3.15. The van der Waals surface area contributed by atoms with E-state index in [-0.39, 0.29) is 0 Å². The van der Waals surface area contributed by atoms with Gasteiger partial charge < -0.3 is 9.47 Å². The van der Waals surface area contributed by atoms with Crippen molar-refractivity contribution >= 4 is 6.29 Å². The number of aldehydes is 1. The summed E-state index contributed by atoms with van der Waals surface area (Å²) in [5, 5.41) is 0. The van der Waals surface area contributed by atoms with E-state index in [2.05, 4.69) is 0 Å². The van der Waals surface area contributed by atoms with E-state index in [0.717, 1.165) is 57.0 Å². The topological polar surface area (TPSA) is 35.5 Å². The SMILES string of the molecule is O=Cc1ccc(OCCC2CCOCC2)cc1. The predicted octanol–water partition coefficient (Wildman–Crippen LogP) is 2.69. The molecule has 0 radical (unpaired) electrons. The van der Waals surface area contributed by atoms with Gasteiger partial charge in [-0.1, -0.05) is 0 Å². The standard InChI is InChI=1S/C14H18O3/c15-11-13-1-3-14(4-2-13)17-10-7-12-5-8-16-9-6-12/h1-4,11-12H,5-10H2. The van der Waals surface area contributed by atoms with Crippen molar-refractivity contribution in [1.29, 1.82) is 0 Å². The first-order valence-corrected chi connectivity index (χ1v) is 6.14. The van der Waals surface area contributed by atoms with E-state index in [1.807, 2.05) is 12.1 Å². The highest BCUT2D eigenvalue weighted by Crippen LogP contribution is 2.19. The summed E-state index contributed by atoms with van der Waals surface area (Å²) in [6.45, 7) is 2.52. The van der Waals surface area contributed by atoms with Gasteiger partial charge in [-0.05, 0) is 49.4 Å². The van der Waals surface area contributed by atoms with Crippen molar-refractivity contribution in [3.63, 3.8) is 0 Å². The molecule has 17 heavy (non-hydrogen) atoms. The largest absolute Gasteiger partial charge is 0.494 e. The van der Waals surface area contributed by atoms with E-state index in [1.54, 1.807) is 12.1 Å². The molecule has 0 spiro atoms. The molecule has 1 aromatic rings. The predicted molar refractivity (Wildman–Crippen MR) is 65.5 cm³/mol. The highest BCUT2D eigenvalue weighted by molar-refractivity contribution is 5.74. The van der Waals surface area contributed by atoms with E-state index >= 15 is 0 Å². The van der Waals surface area contributed by atoms with Crippen molar-refractivity contribution in [2.24, 2.45) is 5.92 Å². The van der Waals surface area contributed by atoms with Crippen molar-refractivity contribution in [2.75, 3.05) is 19.8 Å². The van der Waals surface area contributed by atoms with Crippen molar-refractivity contribution in [1.82, 2.24) is 0 Å². The average molecular weight is 234 g/mol. The Bertz CT molecular complexity index is 339. The molecule has 0 N–H and O–H groups in total. The van der Waals surface area contributed by atoms with Crippen molar-refractivity contribution in [3.05, 3.63) is 29.8 Å². The Morgan fingerprint density at radius 3 is 2.59 bits per heavy atom. The summed E-state index contributed by atoms with van der Waals surface area (Å²) in [6.07, 6.45) is 4.21. The van der Waals surface area contributed by atoms with Crippen LogP contribution in [-0.2, 0) is 4.74 Å². The van der Waals surface area contributed by atoms with Gasteiger partial charge in [-0.3, -0.25) is 4.79 Å². The molecule has 0 unspecified atom stereocenters. The molecule has 1 aliphatic rings. The van der Waals surface area contributed by atoms with Crippen LogP contribution < -0.4 is 4.74 Å². The van der Waals surface area contributed by atoms with Crippen LogP contribution in [0.5, 0.6) is 5.75 Å². The lowest BCUT2D eigenvalue weighted by Crippen LogP contribution is -2.17. The van der Waals surface area contributed by atoms with Crippen LogP contribution in [0.2, 0.25) is 0 Å². The molecular formula is C14H18O3. The fourth-order valence-corrected chi connectivity index (χ4v) is 2.02. The Morgan fingerprint density at radius 2 is 1.94 bits per heavy atom. The molecule has 3 heteroatoms. The molecule has 92 valence electrons. The number of ether oxygens (including phenoxy) is 2. The Kier molecular flexibility index (Phi) is 4.56. The molecule has 1 aromatic carbocycles. The Hall–Kier alpha value is -1.35. The summed E-state index contributed by atoms with van der Waals surface area (Å²) < 4.78 is 11.0. The van der Waals surface area contributed by atoms with Crippen LogP contribution in [0.15, 0.2) is 24.3 Å². The van der Waals surface area contributed by atoms with Gasteiger partial charge in [0.1, 0.15) is 12.0 Å². The van der Waals surface area contributed by atoms with Gasteiger partial charge in [0.05, 0.1) is 6.61 Å². The Labute approximate surface area is 102 Å². The minimum absolute atomic E-state index is 0.682. The zero-order valence-corrected chi connectivity index (χ0v) is 9.93. The molecule has 1 aliphatic heterocycles. The van der Waals surface area contributed by atoms with Crippen LogP contribution in [0.1, 0.15) is 29.6 Å². The lowest BCUT2D eigenvalue weighted by molar-refractivity contribution is 0.0593. The van der Waals surface area contributed by atoms with Gasteiger partial charge in [0.15, 0.2) is 0 Å². The van der Waals surface area contributed by atoms with Crippen LogP contribution in [0.25, 0.3) is 0 Å². The van der Waals surface area contributed by atoms with E-state index in [0.29, 0.717) is 5.56 Å². The molecular weight excluding hydrogens is 216 g/mol. The maximum Gasteiger partial charge on any atom is 0.150 e. The fraction of sp³-hybridized carbons (Fsp3) is 0.500. The first-order valence-electron chi connectivity index (χ1n) is 6.14. The van der Waals surface area contributed by atoms with Crippen LogP contribution in [0.4, 0.5) is 0 Å². The smallest absolute Gasteiger partial charge is 0.150 e. The van der Waals surface area contributed by atoms with Gasteiger partial charge >= 0.3 is 0 Å². The average Bonchev–Trinajstić information content (AvgIpc) is 2.41. The van der Waals surface area contributed by atoms with Gasteiger partial charge in [0.25, 0.3) is 0 Å². The van der Waals surface area contributed by atoms with E-state index in [1.165, 1.54) is 0 Å². The molecule has 0 aliphatic carbocycles. The van der Waals surface area contributed by atoms with Crippen molar-refractivity contribution < 1.29 is 14.3 Å². The van der Waals surface area contributed by atoms with Gasteiger partial charge in [0.2, 0.25) is 0 Å². The molecule has 0 amide bonds. The van der Waals surface area contributed by atoms with Crippen LogP contribution in [0, 0.1) is 5.92 Å². The number of hydrogen-bond donors (Lipinski definition) is 0. The zero-order valence-electron chi connectivity index (χ0n) is 9.93. The Morgan fingerprint density at radius 1 is 1.24 bits per heavy atom. The number of rotatable bonds is 5. The van der Waals surface area contributed by atoms with E-state index in [9.17, 15) is 4.79 Å². The van der Waals surface area contributed by atoms with Crippen molar-refractivity contribution in [2.45, 2.75) is 19.3 Å². The Balaban J connectivity index is 1.71. The molecule has 1 fully saturated rings.